The summed E-state index contributed by atoms with van der Waals surface area (Å²) in [6, 6.07) is 5.81. The molecular formula is C16H22BN6O2Ti-. The number of nitrogens with zero attached hydrogens (tertiary/aromatic N) is 3. The Kier molecular flexibility index (Phi) is 13.8. The molecule has 0 bridgehead atoms. The normalized spacial score (nSPS) is 10.3. The van der Waals surface area contributed by atoms with Crippen LogP contribution in [-0.4, -0.2) is 61.7 Å². The van der Waals surface area contributed by atoms with Crippen molar-refractivity contribution in [3.63, 3.8) is 0 Å². The van der Waals surface area contributed by atoms with Crippen LogP contribution in [0.1, 0.15) is 6.42 Å². The molecule has 0 unspecified atom stereocenters. The maximum Gasteiger partial charge on any atom is 0.308 e. The molecule has 3 heterocycles. The topological polar surface area (TPSA) is 126 Å². The Bertz CT molecular complexity index is 608. The molecule has 1 aliphatic carbocycles. The first kappa shape index (κ1) is 23.8. The Morgan fingerprint density at radius 1 is 0.846 bits per heavy atom. The largest absolute Gasteiger partial charge is 0.400 e. The maximum atomic E-state index is 7.00. The molecule has 0 fully saturated rings. The number of H-pyrrole nitrogens is 3. The summed E-state index contributed by atoms with van der Waals surface area (Å²) in [5.74, 6) is 0. The molecule has 10 heteroatoms. The summed E-state index contributed by atoms with van der Waals surface area (Å²) in [5, 5.41) is 34.8. The molecule has 0 spiro atoms. The Balaban J connectivity index is 0.000000530. The predicted molar refractivity (Wildman–Crippen MR) is 98.3 cm³/mol. The minimum Gasteiger partial charge on any atom is -0.400 e. The van der Waals surface area contributed by atoms with Crippen LogP contribution in [0.2, 0.25) is 0 Å². The summed E-state index contributed by atoms with van der Waals surface area (Å²) in [7, 11) is 2.00. The molecule has 8 nitrogen and oxygen atoms in total. The third kappa shape index (κ3) is 7.36. The van der Waals surface area contributed by atoms with Gasteiger partial charge in [0.25, 0.3) is 0 Å². The van der Waals surface area contributed by atoms with Gasteiger partial charge in [0.2, 0.25) is 0 Å². The van der Waals surface area contributed by atoms with Gasteiger partial charge in [0.05, 0.1) is 0 Å². The zero-order valence-electron chi connectivity index (χ0n) is 14.7. The molecular weight excluding hydrogens is 367 g/mol. The number of hydrogen-bond donors (Lipinski definition) is 5. The van der Waals surface area contributed by atoms with E-state index in [1.54, 1.807) is 18.6 Å². The van der Waals surface area contributed by atoms with Crippen molar-refractivity contribution in [1.29, 1.82) is 0 Å². The number of hydrogen-bond acceptors (Lipinski definition) is 5. The molecule has 0 radical (unpaired) electrons. The van der Waals surface area contributed by atoms with Gasteiger partial charge in [0.1, 0.15) is 0 Å². The zero-order valence-corrected chi connectivity index (χ0v) is 16.3. The van der Waals surface area contributed by atoms with Gasteiger partial charge >= 0.3 is 6.71 Å². The predicted octanol–water partition coefficient (Wildman–Crippen LogP) is -1.11. The summed E-state index contributed by atoms with van der Waals surface area (Å²) in [5.41, 5.74) is 2.98. The third-order valence-corrected chi connectivity index (χ3v) is 3.09. The maximum absolute atomic E-state index is 7.00. The van der Waals surface area contributed by atoms with Gasteiger partial charge in [-0.15, -0.1) is 6.42 Å². The smallest absolute Gasteiger partial charge is 0.308 e. The fourth-order valence-electron chi connectivity index (χ4n) is 2.13. The summed E-state index contributed by atoms with van der Waals surface area (Å²) in [6.07, 6.45) is 15.2. The minimum absolute atomic E-state index is 0. The second-order valence-electron chi connectivity index (χ2n) is 4.47. The van der Waals surface area contributed by atoms with Crippen LogP contribution >= 0.6 is 0 Å². The van der Waals surface area contributed by atoms with Crippen molar-refractivity contribution in [2.45, 2.75) is 6.42 Å². The van der Waals surface area contributed by atoms with Gasteiger partial charge in [-0.2, -0.15) is 21.4 Å². The van der Waals surface area contributed by atoms with Gasteiger partial charge in [-0.25, -0.2) is 12.2 Å². The number of rotatable bonds is 3. The molecule has 3 aromatic heterocycles. The van der Waals surface area contributed by atoms with E-state index in [-0.39, 0.29) is 28.4 Å². The monoisotopic (exact) mass is 389 g/mol. The summed E-state index contributed by atoms with van der Waals surface area (Å²) < 4.78 is 0. The van der Waals surface area contributed by atoms with E-state index < -0.39 is 0 Å². The van der Waals surface area contributed by atoms with Crippen molar-refractivity contribution in [2.75, 3.05) is 14.2 Å². The van der Waals surface area contributed by atoms with Crippen LogP contribution in [0.4, 0.5) is 0 Å². The molecule has 0 saturated carbocycles. The average molecular weight is 389 g/mol. The van der Waals surface area contributed by atoms with Crippen LogP contribution in [0.15, 0.2) is 55.0 Å². The molecule has 0 aliphatic heterocycles. The van der Waals surface area contributed by atoms with Crippen LogP contribution in [0.5, 0.6) is 0 Å². The van der Waals surface area contributed by atoms with Crippen LogP contribution in [-0.2, 0) is 21.7 Å². The van der Waals surface area contributed by atoms with Gasteiger partial charge in [0, 0.05) is 71.3 Å². The van der Waals surface area contributed by atoms with E-state index in [1.807, 2.05) is 30.4 Å². The summed E-state index contributed by atoms with van der Waals surface area (Å²) >= 11 is 0. The fraction of sp³-hybridized carbons (Fsp3) is 0.188. The van der Waals surface area contributed by atoms with E-state index in [0.29, 0.717) is 0 Å². The van der Waals surface area contributed by atoms with E-state index in [1.165, 1.54) is 0 Å². The first-order valence-electron chi connectivity index (χ1n) is 7.54. The molecule has 26 heavy (non-hydrogen) atoms. The second-order valence-corrected chi connectivity index (χ2v) is 4.47. The van der Waals surface area contributed by atoms with E-state index in [4.69, 9.17) is 10.2 Å². The van der Waals surface area contributed by atoms with E-state index in [0.717, 1.165) is 37.4 Å². The van der Waals surface area contributed by atoms with E-state index in [9.17, 15) is 0 Å². The fourth-order valence-corrected chi connectivity index (χ4v) is 2.13. The van der Waals surface area contributed by atoms with Crippen molar-refractivity contribution in [3.8, 4) is 0 Å². The van der Waals surface area contributed by atoms with Crippen molar-refractivity contribution >= 4 is 23.5 Å². The zero-order chi connectivity index (χ0) is 18.3. The van der Waals surface area contributed by atoms with Crippen LogP contribution < -0.4 is 16.8 Å². The molecule has 3 aromatic rings. The van der Waals surface area contributed by atoms with Crippen molar-refractivity contribution in [3.05, 3.63) is 61.1 Å². The number of aromatic amines is 3. The molecule has 0 aromatic carbocycles. The first-order valence-corrected chi connectivity index (χ1v) is 7.54. The molecule has 4 rings (SSSR count). The van der Waals surface area contributed by atoms with Crippen LogP contribution in [0.3, 0.4) is 0 Å². The molecule has 136 valence electrons. The third-order valence-electron chi connectivity index (χ3n) is 3.09. The van der Waals surface area contributed by atoms with Gasteiger partial charge in [-0.1, -0.05) is 0 Å². The first-order chi connectivity index (χ1) is 12.4. The van der Waals surface area contributed by atoms with E-state index >= 15 is 0 Å². The standard InChI is InChI=1S/C9H9BN6.C5H5.2CH4O.Ti/c1-4-11-14-7(1)10(8-2-5-12-15-8)9-3-6-13-16-9;1-2-4-5-3-1;2*1-2;/h1-6H,(H,11,14)(H,12,15)(H,13,16);1-3H,4H2;2*2H,1H3;/q;-1;;;. The second kappa shape index (κ2) is 15.1. The van der Waals surface area contributed by atoms with Gasteiger partial charge in [-0.3, -0.25) is 21.4 Å². The van der Waals surface area contributed by atoms with Crippen LogP contribution in [0, 0.1) is 6.08 Å². The Hall–Kier alpha value is -2.19. The Labute approximate surface area is 167 Å². The van der Waals surface area contributed by atoms with Gasteiger partial charge in [-0.05, 0) is 18.2 Å². The minimum atomic E-state index is 0. The molecule has 0 saturated heterocycles. The number of aliphatic hydroxyl groups is 2. The van der Waals surface area contributed by atoms with Crippen molar-refractivity contribution in [1.82, 2.24) is 30.6 Å². The number of nitrogens with one attached hydrogen (secondary N) is 3. The average Bonchev–Trinajstić information content (AvgIpc) is 3.50. The number of allylic oxidation sites excluding steroid dienone is 4. The van der Waals surface area contributed by atoms with Crippen molar-refractivity contribution in [2.24, 2.45) is 0 Å². The van der Waals surface area contributed by atoms with E-state index in [2.05, 4.69) is 42.7 Å². The number of aliphatic hydroxyl groups excluding tert-OH is 2. The van der Waals surface area contributed by atoms with Gasteiger partial charge in [0.15, 0.2) is 0 Å². The molecule has 1 aliphatic rings. The van der Waals surface area contributed by atoms with Crippen LogP contribution in [0.25, 0.3) is 0 Å². The summed E-state index contributed by atoms with van der Waals surface area (Å²) in [6.45, 7) is 0.0347. The Morgan fingerprint density at radius 2 is 1.27 bits per heavy atom. The quantitative estimate of drug-likeness (QED) is 0.287. The molecule has 5 N–H and O–H groups in total. The molecule has 0 atom stereocenters. The Morgan fingerprint density at radius 3 is 1.46 bits per heavy atom. The summed E-state index contributed by atoms with van der Waals surface area (Å²) in [4.78, 5) is 0. The van der Waals surface area contributed by atoms with Gasteiger partial charge < -0.3 is 10.2 Å². The molecule has 0 amide bonds. The van der Waals surface area contributed by atoms with Crippen molar-refractivity contribution < 1.29 is 31.9 Å². The number of aromatic nitrogens is 6. The SMILES string of the molecule is CO.CO.[C-]1=CC=CC1.[Ti].c1cc(B(c2ccn[nH]2)c2ccn[nH]2)[nH]n1.